The molecule has 22 heavy (non-hydrogen) atoms. The molecule has 0 saturated carbocycles. The number of nitrogens with one attached hydrogen (secondary N) is 2. The van der Waals surface area contributed by atoms with Gasteiger partial charge < -0.3 is 9.97 Å². The third kappa shape index (κ3) is 2.79. The van der Waals surface area contributed by atoms with Crippen molar-refractivity contribution >= 4 is 66.9 Å². The van der Waals surface area contributed by atoms with Crippen LogP contribution in [0.2, 0.25) is 10.0 Å². The first-order chi connectivity index (χ1) is 10.7. The van der Waals surface area contributed by atoms with Crippen LogP contribution in [0.25, 0.3) is 22.1 Å². The van der Waals surface area contributed by atoms with E-state index in [1.165, 1.54) is 21.6 Å². The molecule has 0 bridgehead atoms. The second kappa shape index (κ2) is 5.70. The highest BCUT2D eigenvalue weighted by Gasteiger charge is 2.08. The van der Waals surface area contributed by atoms with Gasteiger partial charge in [0, 0.05) is 10.0 Å². The average molecular weight is 367 g/mol. The minimum absolute atomic E-state index is 0.689. The average Bonchev–Trinajstić information content (AvgIpc) is 3.07. The van der Waals surface area contributed by atoms with Crippen LogP contribution in [0.5, 0.6) is 0 Å². The van der Waals surface area contributed by atoms with Crippen LogP contribution in [-0.2, 0) is 0 Å². The standard InChI is InChI=1S/C14H8Cl2N4S2/c15-7-1-3-9-11(5-7)19-13(17-9)21-22-14-18-10-4-2-8(16)6-12(10)20-14/h1-6H,(H,17,19)(H,18,20). The Morgan fingerprint density at radius 1 is 0.727 bits per heavy atom. The van der Waals surface area contributed by atoms with E-state index < -0.39 is 0 Å². The summed E-state index contributed by atoms with van der Waals surface area (Å²) >= 11 is 11.9. The lowest BCUT2D eigenvalue weighted by Gasteiger charge is -1.92. The van der Waals surface area contributed by atoms with Gasteiger partial charge in [0.25, 0.3) is 0 Å². The fraction of sp³-hybridized carbons (Fsp3) is 0. The second-order valence-corrected chi connectivity index (χ2v) is 7.55. The SMILES string of the molecule is Clc1ccc2nc(SSc3nc4ccc(Cl)cc4[nH]3)[nH]c2c1. The predicted octanol–water partition coefficient (Wildman–Crippen LogP) is 5.55. The molecule has 2 aromatic heterocycles. The summed E-state index contributed by atoms with van der Waals surface area (Å²) in [6.07, 6.45) is 0. The van der Waals surface area contributed by atoms with E-state index in [4.69, 9.17) is 23.2 Å². The fourth-order valence-electron chi connectivity index (χ4n) is 2.07. The van der Waals surface area contributed by atoms with Gasteiger partial charge in [0.15, 0.2) is 10.3 Å². The third-order valence-corrected chi connectivity index (χ3v) is 5.50. The lowest BCUT2D eigenvalue weighted by Crippen LogP contribution is -1.72. The smallest absolute Gasteiger partial charge is 0.177 e. The number of imidazole rings is 2. The van der Waals surface area contributed by atoms with Gasteiger partial charge in [-0.2, -0.15) is 0 Å². The summed E-state index contributed by atoms with van der Waals surface area (Å²) in [6.45, 7) is 0. The molecule has 0 fully saturated rings. The number of H-pyrrole nitrogens is 2. The lowest BCUT2D eigenvalue weighted by molar-refractivity contribution is 1.08. The maximum absolute atomic E-state index is 5.97. The zero-order valence-electron chi connectivity index (χ0n) is 10.9. The summed E-state index contributed by atoms with van der Waals surface area (Å²) < 4.78 is 0. The van der Waals surface area contributed by atoms with Gasteiger partial charge in [-0.05, 0) is 58.0 Å². The van der Waals surface area contributed by atoms with E-state index in [1.54, 1.807) is 0 Å². The molecule has 0 amide bonds. The number of benzene rings is 2. The maximum atomic E-state index is 5.97. The number of halogens is 2. The third-order valence-electron chi connectivity index (χ3n) is 3.04. The normalized spacial score (nSPS) is 11.5. The van der Waals surface area contributed by atoms with Gasteiger partial charge in [-0.1, -0.05) is 23.2 Å². The molecule has 110 valence electrons. The molecule has 2 N–H and O–H groups in total. The molecule has 0 atom stereocenters. The highest BCUT2D eigenvalue weighted by molar-refractivity contribution is 8.76. The van der Waals surface area contributed by atoms with Crippen molar-refractivity contribution in [2.45, 2.75) is 10.3 Å². The first kappa shape index (κ1) is 14.3. The molecule has 8 heteroatoms. The molecule has 4 aromatic rings. The van der Waals surface area contributed by atoms with Gasteiger partial charge in [0.2, 0.25) is 0 Å². The summed E-state index contributed by atoms with van der Waals surface area (Å²) in [4.78, 5) is 15.5. The molecular weight excluding hydrogens is 359 g/mol. The van der Waals surface area contributed by atoms with Crippen molar-refractivity contribution < 1.29 is 0 Å². The van der Waals surface area contributed by atoms with Crippen LogP contribution in [0.3, 0.4) is 0 Å². The van der Waals surface area contributed by atoms with Crippen LogP contribution in [0.1, 0.15) is 0 Å². The van der Waals surface area contributed by atoms with Crippen LogP contribution in [0, 0.1) is 0 Å². The summed E-state index contributed by atoms with van der Waals surface area (Å²) in [5, 5.41) is 2.99. The zero-order chi connectivity index (χ0) is 15.1. The van der Waals surface area contributed by atoms with Crippen LogP contribution >= 0.6 is 44.8 Å². The number of aromatic amines is 2. The van der Waals surface area contributed by atoms with Crippen molar-refractivity contribution in [3.05, 3.63) is 46.4 Å². The van der Waals surface area contributed by atoms with E-state index in [-0.39, 0.29) is 0 Å². The molecule has 0 radical (unpaired) electrons. The Morgan fingerprint density at radius 2 is 1.18 bits per heavy atom. The van der Waals surface area contributed by atoms with Gasteiger partial charge in [0.1, 0.15) is 0 Å². The van der Waals surface area contributed by atoms with Gasteiger partial charge in [-0.15, -0.1) is 0 Å². The zero-order valence-corrected chi connectivity index (χ0v) is 14.1. The van der Waals surface area contributed by atoms with Crippen molar-refractivity contribution in [2.75, 3.05) is 0 Å². The minimum Gasteiger partial charge on any atom is -0.332 e. The van der Waals surface area contributed by atoms with Crippen molar-refractivity contribution in [1.82, 2.24) is 19.9 Å². The molecule has 4 nitrogen and oxygen atoms in total. The van der Waals surface area contributed by atoms with E-state index >= 15 is 0 Å². The Balaban J connectivity index is 1.56. The number of nitrogens with zero attached hydrogens (tertiary/aromatic N) is 2. The number of aromatic nitrogens is 4. The van der Waals surface area contributed by atoms with Crippen LogP contribution in [0.4, 0.5) is 0 Å². The number of rotatable bonds is 3. The second-order valence-electron chi connectivity index (χ2n) is 4.57. The van der Waals surface area contributed by atoms with Gasteiger partial charge in [-0.3, -0.25) is 0 Å². The van der Waals surface area contributed by atoms with Crippen molar-refractivity contribution in [1.29, 1.82) is 0 Å². The summed E-state index contributed by atoms with van der Waals surface area (Å²) in [5.74, 6) is 0. The maximum Gasteiger partial charge on any atom is 0.177 e. The van der Waals surface area contributed by atoms with E-state index in [9.17, 15) is 0 Å². The number of fused-ring (bicyclic) bond motifs is 2. The van der Waals surface area contributed by atoms with E-state index in [2.05, 4.69) is 19.9 Å². The fourth-order valence-corrected chi connectivity index (χ4v) is 4.10. The molecule has 0 aliphatic heterocycles. The first-order valence-electron chi connectivity index (χ1n) is 6.32. The molecule has 0 spiro atoms. The van der Waals surface area contributed by atoms with Crippen molar-refractivity contribution in [3.63, 3.8) is 0 Å². The van der Waals surface area contributed by atoms with Gasteiger partial charge >= 0.3 is 0 Å². The van der Waals surface area contributed by atoms with Crippen LogP contribution in [0.15, 0.2) is 46.7 Å². The van der Waals surface area contributed by atoms with E-state index in [0.717, 1.165) is 32.4 Å². The topological polar surface area (TPSA) is 57.4 Å². The van der Waals surface area contributed by atoms with Gasteiger partial charge in [0.05, 0.1) is 22.1 Å². The Kier molecular flexibility index (Phi) is 3.69. The van der Waals surface area contributed by atoms with Crippen LogP contribution < -0.4 is 0 Å². The Labute approximate surface area is 143 Å². The summed E-state index contributed by atoms with van der Waals surface area (Å²) in [7, 11) is 3.01. The Hall–Kier alpha value is -1.34. The van der Waals surface area contributed by atoms with Crippen molar-refractivity contribution in [2.24, 2.45) is 0 Å². The quantitative estimate of drug-likeness (QED) is 0.467. The number of hydrogen-bond acceptors (Lipinski definition) is 4. The largest absolute Gasteiger partial charge is 0.332 e. The molecule has 0 unspecified atom stereocenters. The van der Waals surface area contributed by atoms with E-state index in [1.807, 2.05) is 36.4 Å². The molecule has 0 aliphatic rings. The van der Waals surface area contributed by atoms with E-state index in [0.29, 0.717) is 10.0 Å². The molecule has 2 aromatic carbocycles. The highest BCUT2D eigenvalue weighted by atomic mass is 35.5. The summed E-state index contributed by atoms with van der Waals surface area (Å²) in [6, 6.07) is 11.2. The minimum atomic E-state index is 0.689. The lowest BCUT2D eigenvalue weighted by atomic mass is 10.3. The monoisotopic (exact) mass is 366 g/mol. The number of hydrogen-bond donors (Lipinski definition) is 2. The molecule has 0 aliphatic carbocycles. The molecule has 4 rings (SSSR count). The van der Waals surface area contributed by atoms with Gasteiger partial charge in [-0.25, -0.2) is 9.97 Å². The first-order valence-corrected chi connectivity index (χ1v) is 9.23. The predicted molar refractivity (Wildman–Crippen MR) is 93.9 cm³/mol. The molecule has 0 saturated heterocycles. The summed E-state index contributed by atoms with van der Waals surface area (Å²) in [5.41, 5.74) is 3.63. The van der Waals surface area contributed by atoms with Crippen molar-refractivity contribution in [3.8, 4) is 0 Å². The molecule has 2 heterocycles. The Bertz CT molecular complexity index is 899. The highest BCUT2D eigenvalue weighted by Crippen LogP contribution is 2.36. The van der Waals surface area contributed by atoms with Crippen LogP contribution in [-0.4, -0.2) is 19.9 Å². The molecular formula is C14H8Cl2N4S2. The Morgan fingerprint density at radius 3 is 1.64 bits per heavy atom.